The Hall–Kier alpha value is -3.11. The third kappa shape index (κ3) is 4.66. The van der Waals surface area contributed by atoms with Crippen molar-refractivity contribution in [3.63, 3.8) is 0 Å². The molecule has 0 spiro atoms. The van der Waals surface area contributed by atoms with Gasteiger partial charge in [0, 0.05) is 13.0 Å². The Morgan fingerprint density at radius 1 is 1.03 bits per heavy atom. The number of fused-ring (bicyclic) bond motifs is 1. The maximum Gasteiger partial charge on any atom is 0.234 e. The van der Waals surface area contributed by atoms with Crippen LogP contribution in [-0.4, -0.2) is 18.1 Å². The second-order valence-electron chi connectivity index (χ2n) is 7.68. The maximum absolute atomic E-state index is 11.8. The lowest BCUT2D eigenvalue weighted by Crippen LogP contribution is -2.42. The first kappa shape index (κ1) is 19.2. The van der Waals surface area contributed by atoms with Gasteiger partial charge in [-0.3, -0.25) is 4.79 Å². The topological polar surface area (TPSA) is 64.3 Å². The Balaban J connectivity index is 1.40. The quantitative estimate of drug-likeness (QED) is 0.648. The van der Waals surface area contributed by atoms with Crippen molar-refractivity contribution in [2.75, 3.05) is 0 Å². The summed E-state index contributed by atoms with van der Waals surface area (Å²) in [6.07, 6.45) is 1.80. The lowest BCUT2D eigenvalue weighted by molar-refractivity contribution is -0.120. The van der Waals surface area contributed by atoms with Crippen LogP contribution >= 0.6 is 0 Å². The number of ether oxygens (including phenoxy) is 1. The maximum atomic E-state index is 11.8. The highest BCUT2D eigenvalue weighted by Crippen LogP contribution is 2.32. The fraction of sp³-hybridized carbons (Fsp3) is 0.240. The number of benzene rings is 3. The third-order valence-corrected chi connectivity index (χ3v) is 5.36. The predicted molar refractivity (Wildman–Crippen MR) is 116 cm³/mol. The second kappa shape index (κ2) is 8.50. The van der Waals surface area contributed by atoms with Crippen molar-refractivity contribution in [2.45, 2.75) is 38.5 Å². The number of primary amides is 1. The van der Waals surface area contributed by atoms with Gasteiger partial charge in [0.15, 0.2) is 0 Å². The molecule has 0 bridgehead atoms. The summed E-state index contributed by atoms with van der Waals surface area (Å²) in [7, 11) is 0. The molecule has 29 heavy (non-hydrogen) atoms. The van der Waals surface area contributed by atoms with Gasteiger partial charge in [-0.05, 0) is 53.3 Å². The first-order chi connectivity index (χ1) is 14.1. The number of nitrogens with two attached hydrogens (primary N) is 1. The van der Waals surface area contributed by atoms with Crippen molar-refractivity contribution in [3.8, 4) is 16.9 Å². The lowest BCUT2D eigenvalue weighted by atomic mass is 10.00. The second-order valence-corrected chi connectivity index (χ2v) is 7.68. The highest BCUT2D eigenvalue weighted by atomic mass is 16.5. The minimum absolute atomic E-state index is 0.253. The molecule has 4 rings (SSSR count). The summed E-state index contributed by atoms with van der Waals surface area (Å²) in [5.41, 5.74) is 11.4. The summed E-state index contributed by atoms with van der Waals surface area (Å²) >= 11 is 0. The Bertz CT molecular complexity index is 983. The smallest absolute Gasteiger partial charge is 0.234 e. The first-order valence-corrected chi connectivity index (χ1v) is 10.0. The Morgan fingerprint density at radius 3 is 2.48 bits per heavy atom. The van der Waals surface area contributed by atoms with Gasteiger partial charge >= 0.3 is 0 Å². The monoisotopic (exact) mass is 386 g/mol. The molecule has 0 aromatic heterocycles. The SMILES string of the molecule is CC1Cc2cc(-c3ccc(CNC(Cc4ccccc4)C(N)=O)cc3)ccc2O1. The fourth-order valence-electron chi connectivity index (χ4n) is 3.78. The van der Waals surface area contributed by atoms with Crippen molar-refractivity contribution in [1.29, 1.82) is 0 Å². The van der Waals surface area contributed by atoms with Crippen LogP contribution in [-0.2, 0) is 24.2 Å². The van der Waals surface area contributed by atoms with Crippen LogP contribution in [0.3, 0.4) is 0 Å². The highest BCUT2D eigenvalue weighted by Gasteiger charge is 2.19. The van der Waals surface area contributed by atoms with E-state index in [1.807, 2.05) is 30.3 Å². The standard InChI is InChI=1S/C25H26N2O2/c1-17-13-22-15-21(11-12-24(22)29-17)20-9-7-19(8-10-20)16-27-23(25(26)28)14-18-5-3-2-4-6-18/h2-12,15,17,23,27H,13-14,16H2,1H3,(H2,26,28). The van der Waals surface area contributed by atoms with Crippen LogP contribution in [0.15, 0.2) is 72.8 Å². The summed E-state index contributed by atoms with van der Waals surface area (Å²) in [6.45, 7) is 2.69. The summed E-state index contributed by atoms with van der Waals surface area (Å²) in [4.78, 5) is 11.8. The van der Waals surface area contributed by atoms with Gasteiger partial charge < -0.3 is 15.8 Å². The van der Waals surface area contributed by atoms with Crippen LogP contribution in [0.4, 0.5) is 0 Å². The minimum atomic E-state index is -0.393. The van der Waals surface area contributed by atoms with Crippen LogP contribution in [0.25, 0.3) is 11.1 Å². The van der Waals surface area contributed by atoms with E-state index in [-0.39, 0.29) is 12.0 Å². The molecule has 4 heteroatoms. The van der Waals surface area contributed by atoms with E-state index in [2.05, 4.69) is 54.7 Å². The van der Waals surface area contributed by atoms with Crippen LogP contribution in [0, 0.1) is 0 Å². The largest absolute Gasteiger partial charge is 0.490 e. The molecule has 0 aliphatic carbocycles. The van der Waals surface area contributed by atoms with Crippen molar-refractivity contribution in [3.05, 3.63) is 89.5 Å². The van der Waals surface area contributed by atoms with Gasteiger partial charge in [-0.1, -0.05) is 60.7 Å². The number of rotatable bonds is 7. The number of carbonyl (C=O) groups excluding carboxylic acids is 1. The van der Waals surface area contributed by atoms with Crippen molar-refractivity contribution in [1.82, 2.24) is 5.32 Å². The van der Waals surface area contributed by atoms with Gasteiger partial charge in [0.05, 0.1) is 6.04 Å². The molecule has 3 aromatic rings. The molecule has 0 radical (unpaired) electrons. The molecule has 4 nitrogen and oxygen atoms in total. The molecular weight excluding hydrogens is 360 g/mol. The van der Waals surface area contributed by atoms with Gasteiger partial charge in [-0.25, -0.2) is 0 Å². The van der Waals surface area contributed by atoms with Crippen LogP contribution in [0.2, 0.25) is 0 Å². The van der Waals surface area contributed by atoms with Gasteiger partial charge in [0.1, 0.15) is 11.9 Å². The van der Waals surface area contributed by atoms with Gasteiger partial charge in [0.2, 0.25) is 5.91 Å². The molecular formula is C25H26N2O2. The van der Waals surface area contributed by atoms with Crippen LogP contribution in [0.5, 0.6) is 5.75 Å². The van der Waals surface area contributed by atoms with Crippen molar-refractivity contribution >= 4 is 5.91 Å². The Labute approximate surface area is 171 Å². The molecule has 0 fully saturated rings. The average Bonchev–Trinajstić information content (AvgIpc) is 3.11. The van der Waals surface area contributed by atoms with Crippen molar-refractivity contribution in [2.24, 2.45) is 5.73 Å². The third-order valence-electron chi connectivity index (χ3n) is 5.36. The summed E-state index contributed by atoms with van der Waals surface area (Å²) in [5.74, 6) is 0.665. The number of hydrogen-bond donors (Lipinski definition) is 2. The molecule has 3 N–H and O–H groups in total. The van der Waals surface area contributed by atoms with E-state index in [1.165, 1.54) is 16.7 Å². The molecule has 1 heterocycles. The number of carbonyl (C=O) groups is 1. The Morgan fingerprint density at radius 2 is 1.76 bits per heavy atom. The van der Waals surface area contributed by atoms with Gasteiger partial charge in [-0.15, -0.1) is 0 Å². The molecule has 0 saturated heterocycles. The lowest BCUT2D eigenvalue weighted by Gasteiger charge is -2.16. The van der Waals surface area contributed by atoms with E-state index >= 15 is 0 Å². The molecule has 2 atom stereocenters. The number of amides is 1. The molecule has 0 saturated carbocycles. The molecule has 1 aliphatic rings. The first-order valence-electron chi connectivity index (χ1n) is 10.0. The molecule has 1 aliphatic heterocycles. The predicted octanol–water partition coefficient (Wildman–Crippen LogP) is 3.86. The zero-order valence-electron chi connectivity index (χ0n) is 16.6. The van der Waals surface area contributed by atoms with Gasteiger partial charge in [0.25, 0.3) is 0 Å². The summed E-state index contributed by atoms with van der Waals surface area (Å²) < 4.78 is 5.79. The van der Waals surface area contributed by atoms with Gasteiger partial charge in [-0.2, -0.15) is 0 Å². The van der Waals surface area contributed by atoms with E-state index in [4.69, 9.17) is 10.5 Å². The zero-order valence-corrected chi connectivity index (χ0v) is 16.6. The molecule has 148 valence electrons. The fourth-order valence-corrected chi connectivity index (χ4v) is 3.78. The van der Waals surface area contributed by atoms with E-state index in [0.29, 0.717) is 13.0 Å². The summed E-state index contributed by atoms with van der Waals surface area (Å²) in [5, 5.41) is 3.29. The molecule has 2 unspecified atom stereocenters. The van der Waals surface area contributed by atoms with Crippen LogP contribution < -0.4 is 15.8 Å². The van der Waals surface area contributed by atoms with Crippen LogP contribution in [0.1, 0.15) is 23.6 Å². The average molecular weight is 386 g/mol. The molecule has 1 amide bonds. The van der Waals surface area contributed by atoms with E-state index < -0.39 is 6.04 Å². The van der Waals surface area contributed by atoms with E-state index in [0.717, 1.165) is 23.3 Å². The zero-order chi connectivity index (χ0) is 20.2. The van der Waals surface area contributed by atoms with E-state index in [9.17, 15) is 4.79 Å². The minimum Gasteiger partial charge on any atom is -0.490 e. The Kier molecular flexibility index (Phi) is 5.63. The number of nitrogens with one attached hydrogen (secondary N) is 1. The van der Waals surface area contributed by atoms with Crippen molar-refractivity contribution < 1.29 is 9.53 Å². The molecule has 3 aromatic carbocycles. The highest BCUT2D eigenvalue weighted by molar-refractivity contribution is 5.80. The number of hydrogen-bond acceptors (Lipinski definition) is 3. The normalized spacial score (nSPS) is 16.1. The van der Waals surface area contributed by atoms with E-state index in [1.54, 1.807) is 0 Å². The summed E-state index contributed by atoms with van der Waals surface area (Å²) in [6, 6.07) is 24.3.